The lowest BCUT2D eigenvalue weighted by molar-refractivity contribution is -0.385. The van der Waals surface area contributed by atoms with Gasteiger partial charge in [-0.25, -0.2) is 4.39 Å². The summed E-state index contributed by atoms with van der Waals surface area (Å²) in [5.41, 5.74) is 0.295. The average molecular weight is 318 g/mol. The predicted octanol–water partition coefficient (Wildman–Crippen LogP) is 2.72. The van der Waals surface area contributed by atoms with Gasteiger partial charge in [-0.3, -0.25) is 14.9 Å². The Morgan fingerprint density at radius 2 is 2.04 bits per heavy atom. The number of hydrogen-bond donors (Lipinski definition) is 1. The van der Waals surface area contributed by atoms with E-state index in [-0.39, 0.29) is 12.1 Å². The molecule has 0 saturated heterocycles. The minimum Gasteiger partial charge on any atom is -0.496 e. The molecular formula is C16H15FN2O4. The highest BCUT2D eigenvalue weighted by molar-refractivity contribution is 5.94. The second-order valence-electron chi connectivity index (χ2n) is 4.74. The van der Waals surface area contributed by atoms with Crippen molar-refractivity contribution in [2.75, 3.05) is 13.7 Å². The highest BCUT2D eigenvalue weighted by Gasteiger charge is 2.16. The first-order chi connectivity index (χ1) is 11.0. The quantitative estimate of drug-likeness (QED) is 0.656. The Balaban J connectivity index is 1.99. The van der Waals surface area contributed by atoms with Crippen LogP contribution in [0.2, 0.25) is 0 Å². The number of non-ortho nitro benzene ring substituents is 1. The van der Waals surface area contributed by atoms with Crippen LogP contribution in [-0.4, -0.2) is 24.5 Å². The van der Waals surface area contributed by atoms with Crippen LogP contribution < -0.4 is 10.1 Å². The number of nitro benzene ring substituents is 1. The van der Waals surface area contributed by atoms with Crippen LogP contribution in [0, 0.1) is 15.9 Å². The van der Waals surface area contributed by atoms with E-state index in [0.717, 1.165) is 23.8 Å². The summed E-state index contributed by atoms with van der Waals surface area (Å²) in [6, 6.07) is 10.3. The van der Waals surface area contributed by atoms with Gasteiger partial charge in [-0.05, 0) is 24.1 Å². The molecule has 0 atom stereocenters. The molecule has 0 aliphatic carbocycles. The standard InChI is InChI=1S/C16H15FN2O4/c1-23-15-5-3-2-4-11(15)8-9-18-16(20)13-7-6-12(19(21)22)10-14(13)17/h2-7,10H,8-9H2,1H3,(H,18,20). The van der Waals surface area contributed by atoms with E-state index in [4.69, 9.17) is 4.74 Å². The number of carbonyl (C=O) groups is 1. The van der Waals surface area contributed by atoms with Crippen molar-refractivity contribution in [3.63, 3.8) is 0 Å². The molecule has 23 heavy (non-hydrogen) atoms. The van der Waals surface area contributed by atoms with E-state index in [1.165, 1.54) is 0 Å². The van der Waals surface area contributed by atoms with Gasteiger partial charge in [0.2, 0.25) is 0 Å². The van der Waals surface area contributed by atoms with Gasteiger partial charge >= 0.3 is 0 Å². The van der Waals surface area contributed by atoms with E-state index < -0.39 is 22.3 Å². The maximum absolute atomic E-state index is 13.7. The summed E-state index contributed by atoms with van der Waals surface area (Å²) in [6.45, 7) is 0.287. The molecule has 0 bridgehead atoms. The number of carbonyl (C=O) groups excluding carboxylic acids is 1. The lowest BCUT2D eigenvalue weighted by Gasteiger charge is -2.09. The molecule has 0 spiro atoms. The van der Waals surface area contributed by atoms with Gasteiger partial charge in [0.05, 0.1) is 23.7 Å². The highest BCUT2D eigenvalue weighted by atomic mass is 19.1. The molecule has 0 aromatic heterocycles. The Labute approximate surface area is 132 Å². The summed E-state index contributed by atoms with van der Waals surface area (Å²) in [4.78, 5) is 21.8. The number of amides is 1. The summed E-state index contributed by atoms with van der Waals surface area (Å²) in [5, 5.41) is 13.1. The Hall–Kier alpha value is -2.96. The van der Waals surface area contributed by atoms with Gasteiger partial charge < -0.3 is 10.1 Å². The molecule has 0 radical (unpaired) electrons. The molecule has 1 amide bonds. The summed E-state index contributed by atoms with van der Waals surface area (Å²) >= 11 is 0. The number of nitro groups is 1. The van der Waals surface area contributed by atoms with Gasteiger partial charge in [-0.15, -0.1) is 0 Å². The zero-order valence-electron chi connectivity index (χ0n) is 12.4. The number of hydrogen-bond acceptors (Lipinski definition) is 4. The van der Waals surface area contributed by atoms with Gasteiger partial charge in [-0.1, -0.05) is 18.2 Å². The molecule has 0 heterocycles. The molecule has 0 fully saturated rings. The maximum Gasteiger partial charge on any atom is 0.272 e. The maximum atomic E-state index is 13.7. The second kappa shape index (κ2) is 7.35. The normalized spacial score (nSPS) is 10.2. The number of para-hydroxylation sites is 1. The van der Waals surface area contributed by atoms with Crippen LogP contribution in [0.4, 0.5) is 10.1 Å². The van der Waals surface area contributed by atoms with Crippen molar-refractivity contribution in [3.8, 4) is 5.75 Å². The Bertz CT molecular complexity index is 734. The third-order valence-electron chi connectivity index (χ3n) is 3.28. The molecule has 2 aromatic carbocycles. The molecule has 0 aliphatic rings. The third-order valence-corrected chi connectivity index (χ3v) is 3.28. The lowest BCUT2D eigenvalue weighted by Crippen LogP contribution is -2.26. The fourth-order valence-corrected chi connectivity index (χ4v) is 2.12. The first kappa shape index (κ1) is 16.4. The van der Waals surface area contributed by atoms with Crippen molar-refractivity contribution in [2.45, 2.75) is 6.42 Å². The zero-order chi connectivity index (χ0) is 16.8. The van der Waals surface area contributed by atoms with E-state index in [2.05, 4.69) is 5.32 Å². The Morgan fingerprint density at radius 3 is 2.70 bits per heavy atom. The number of ether oxygens (including phenoxy) is 1. The van der Waals surface area contributed by atoms with Crippen LogP contribution in [0.25, 0.3) is 0 Å². The van der Waals surface area contributed by atoms with E-state index in [1.807, 2.05) is 24.3 Å². The van der Waals surface area contributed by atoms with Gasteiger partial charge in [0.1, 0.15) is 11.6 Å². The number of methoxy groups -OCH3 is 1. The van der Waals surface area contributed by atoms with Crippen molar-refractivity contribution < 1.29 is 18.8 Å². The second-order valence-corrected chi connectivity index (χ2v) is 4.74. The fourth-order valence-electron chi connectivity index (χ4n) is 2.12. The Morgan fingerprint density at radius 1 is 1.30 bits per heavy atom. The first-order valence-electron chi connectivity index (χ1n) is 6.87. The van der Waals surface area contributed by atoms with E-state index >= 15 is 0 Å². The SMILES string of the molecule is COc1ccccc1CCNC(=O)c1ccc([N+](=O)[O-])cc1F. The van der Waals surface area contributed by atoms with Crippen LogP contribution in [0.5, 0.6) is 5.75 Å². The van der Waals surface area contributed by atoms with E-state index in [1.54, 1.807) is 7.11 Å². The van der Waals surface area contributed by atoms with Crippen LogP contribution in [0.3, 0.4) is 0 Å². The molecular weight excluding hydrogens is 303 g/mol. The van der Waals surface area contributed by atoms with Gasteiger partial charge in [0.15, 0.2) is 0 Å². The minimum absolute atomic E-state index is 0.226. The highest BCUT2D eigenvalue weighted by Crippen LogP contribution is 2.18. The fraction of sp³-hybridized carbons (Fsp3) is 0.188. The van der Waals surface area contributed by atoms with Crippen LogP contribution in [0.1, 0.15) is 15.9 Å². The minimum atomic E-state index is -0.922. The van der Waals surface area contributed by atoms with Crippen LogP contribution in [0.15, 0.2) is 42.5 Å². The topological polar surface area (TPSA) is 81.5 Å². The summed E-state index contributed by atoms with van der Waals surface area (Å²) in [5.74, 6) is -0.829. The smallest absolute Gasteiger partial charge is 0.272 e. The molecule has 6 nitrogen and oxygen atoms in total. The monoisotopic (exact) mass is 318 g/mol. The van der Waals surface area contributed by atoms with Crippen LogP contribution in [-0.2, 0) is 6.42 Å². The average Bonchev–Trinajstić information content (AvgIpc) is 2.54. The largest absolute Gasteiger partial charge is 0.496 e. The van der Waals surface area contributed by atoms with E-state index in [0.29, 0.717) is 12.2 Å². The van der Waals surface area contributed by atoms with E-state index in [9.17, 15) is 19.3 Å². The number of benzene rings is 2. The number of rotatable bonds is 6. The Kier molecular flexibility index (Phi) is 5.24. The molecule has 2 rings (SSSR count). The molecule has 1 N–H and O–H groups in total. The molecule has 7 heteroatoms. The van der Waals surface area contributed by atoms with Crippen molar-refractivity contribution in [2.24, 2.45) is 0 Å². The van der Waals surface area contributed by atoms with Crippen molar-refractivity contribution in [1.82, 2.24) is 5.32 Å². The predicted molar refractivity (Wildman–Crippen MR) is 82.1 cm³/mol. The number of nitrogens with one attached hydrogen (secondary N) is 1. The molecule has 120 valence electrons. The number of nitrogens with zero attached hydrogens (tertiary/aromatic N) is 1. The van der Waals surface area contributed by atoms with Crippen molar-refractivity contribution in [3.05, 3.63) is 69.5 Å². The summed E-state index contributed by atoms with van der Waals surface area (Å²) in [6.07, 6.45) is 0.518. The van der Waals surface area contributed by atoms with Gasteiger partial charge in [0, 0.05) is 12.6 Å². The number of halogens is 1. The zero-order valence-corrected chi connectivity index (χ0v) is 12.4. The summed E-state index contributed by atoms with van der Waals surface area (Å²) < 4.78 is 19.0. The van der Waals surface area contributed by atoms with Crippen molar-refractivity contribution >= 4 is 11.6 Å². The van der Waals surface area contributed by atoms with Gasteiger partial charge in [0.25, 0.3) is 11.6 Å². The van der Waals surface area contributed by atoms with Crippen LogP contribution >= 0.6 is 0 Å². The third kappa shape index (κ3) is 4.03. The molecule has 0 saturated carbocycles. The van der Waals surface area contributed by atoms with Crippen molar-refractivity contribution in [1.29, 1.82) is 0 Å². The molecule has 0 unspecified atom stereocenters. The van der Waals surface area contributed by atoms with Gasteiger partial charge in [-0.2, -0.15) is 0 Å². The first-order valence-corrected chi connectivity index (χ1v) is 6.87. The summed E-state index contributed by atoms with van der Waals surface area (Å²) in [7, 11) is 1.56. The molecule has 2 aromatic rings. The molecule has 0 aliphatic heterocycles. The lowest BCUT2D eigenvalue weighted by atomic mass is 10.1.